The number of halogens is 1. The Kier molecular flexibility index (Phi) is 4.59. The molecule has 0 radical (unpaired) electrons. The first-order valence-electron chi connectivity index (χ1n) is 7.58. The predicted octanol–water partition coefficient (Wildman–Crippen LogP) is 3.09. The van der Waals surface area contributed by atoms with Crippen LogP contribution in [0.3, 0.4) is 0 Å². The Labute approximate surface area is 147 Å². The van der Waals surface area contributed by atoms with Crippen LogP contribution in [0.5, 0.6) is 0 Å². The minimum atomic E-state index is -0.468. The molecule has 126 valence electrons. The van der Waals surface area contributed by atoms with Gasteiger partial charge in [0.2, 0.25) is 0 Å². The van der Waals surface area contributed by atoms with Crippen molar-refractivity contribution < 1.29 is 9.18 Å². The largest absolute Gasteiger partial charge is 0.396 e. The van der Waals surface area contributed by atoms with Crippen molar-refractivity contribution in [1.82, 2.24) is 15.3 Å². The van der Waals surface area contributed by atoms with Crippen LogP contribution in [0.4, 0.5) is 10.1 Å². The molecule has 0 spiro atoms. The molecule has 25 heavy (non-hydrogen) atoms. The van der Waals surface area contributed by atoms with Crippen molar-refractivity contribution in [2.75, 3.05) is 12.3 Å². The summed E-state index contributed by atoms with van der Waals surface area (Å²) in [5.74, 6) is -0.832. The zero-order chi connectivity index (χ0) is 18.0. The number of nitriles is 1. The van der Waals surface area contributed by atoms with E-state index >= 15 is 0 Å². The lowest BCUT2D eigenvalue weighted by Gasteiger charge is -2.11. The molecule has 0 saturated carbocycles. The van der Waals surface area contributed by atoms with Gasteiger partial charge in [-0.25, -0.2) is 14.4 Å². The third-order valence-corrected chi connectivity index (χ3v) is 4.58. The molecule has 0 fully saturated rings. The number of benzene rings is 1. The number of thiazole rings is 1. The fraction of sp³-hybridized carbons (Fsp3) is 0.176. The van der Waals surface area contributed by atoms with Crippen LogP contribution < -0.4 is 11.1 Å². The van der Waals surface area contributed by atoms with E-state index in [1.54, 1.807) is 0 Å². The molecule has 0 aliphatic rings. The van der Waals surface area contributed by atoms with Crippen LogP contribution in [0.25, 0.3) is 21.2 Å². The number of carbonyl (C=O) groups is 1. The standard InChI is InChI=1S/C17H14FN5OS/c1-2-5-21-17(24)16-15(20)9-3-4-11(18)14(10(9)7-23-16)12-8-22-13(6-19)25-12/h3-4,7-8H,2,5,20H2,1H3,(H,21,24). The number of rotatable bonds is 4. The smallest absolute Gasteiger partial charge is 0.272 e. The van der Waals surface area contributed by atoms with Gasteiger partial charge in [0.15, 0.2) is 10.7 Å². The number of hydrogen-bond acceptors (Lipinski definition) is 6. The normalized spacial score (nSPS) is 10.6. The van der Waals surface area contributed by atoms with Crippen LogP contribution in [0.1, 0.15) is 28.8 Å². The van der Waals surface area contributed by atoms with Gasteiger partial charge in [-0.05, 0) is 18.6 Å². The Morgan fingerprint density at radius 2 is 2.16 bits per heavy atom. The fourth-order valence-electron chi connectivity index (χ4n) is 2.48. The maximum atomic E-state index is 14.4. The van der Waals surface area contributed by atoms with Gasteiger partial charge in [-0.2, -0.15) is 5.26 Å². The highest BCUT2D eigenvalue weighted by Gasteiger charge is 2.19. The minimum Gasteiger partial charge on any atom is -0.396 e. The molecule has 1 aromatic carbocycles. The molecule has 3 rings (SSSR count). The highest BCUT2D eigenvalue weighted by molar-refractivity contribution is 7.15. The lowest BCUT2D eigenvalue weighted by Crippen LogP contribution is -2.26. The number of fused-ring (bicyclic) bond motifs is 1. The summed E-state index contributed by atoms with van der Waals surface area (Å²) in [6.45, 7) is 2.46. The molecule has 3 aromatic rings. The summed E-state index contributed by atoms with van der Waals surface area (Å²) in [6, 6.07) is 4.74. The van der Waals surface area contributed by atoms with E-state index in [0.29, 0.717) is 22.2 Å². The summed E-state index contributed by atoms with van der Waals surface area (Å²) < 4.78 is 14.4. The molecule has 0 aliphatic heterocycles. The van der Waals surface area contributed by atoms with Gasteiger partial charge in [0.1, 0.15) is 11.9 Å². The molecule has 0 aliphatic carbocycles. The first kappa shape index (κ1) is 16.8. The second-order valence-corrected chi connectivity index (χ2v) is 6.33. The van der Waals surface area contributed by atoms with Crippen molar-refractivity contribution in [2.24, 2.45) is 0 Å². The molecule has 0 bridgehead atoms. The van der Waals surface area contributed by atoms with Crippen molar-refractivity contribution >= 4 is 33.7 Å². The van der Waals surface area contributed by atoms with Gasteiger partial charge in [-0.15, -0.1) is 11.3 Å². The molecule has 3 N–H and O–H groups in total. The number of hydrogen-bond donors (Lipinski definition) is 2. The average Bonchev–Trinajstić information content (AvgIpc) is 3.08. The Hall–Kier alpha value is -3.05. The predicted molar refractivity (Wildman–Crippen MR) is 94.6 cm³/mol. The lowest BCUT2D eigenvalue weighted by atomic mass is 10.0. The highest BCUT2D eigenvalue weighted by atomic mass is 32.1. The number of nitrogen functional groups attached to an aromatic ring is 1. The number of amides is 1. The quantitative estimate of drug-likeness (QED) is 0.748. The van der Waals surface area contributed by atoms with E-state index in [9.17, 15) is 9.18 Å². The van der Waals surface area contributed by atoms with Crippen molar-refractivity contribution in [1.29, 1.82) is 5.26 Å². The van der Waals surface area contributed by atoms with Crippen LogP contribution in [0.2, 0.25) is 0 Å². The molecular formula is C17H14FN5OS. The van der Waals surface area contributed by atoms with Crippen LogP contribution in [0.15, 0.2) is 24.5 Å². The van der Waals surface area contributed by atoms with Crippen molar-refractivity contribution in [3.8, 4) is 16.5 Å². The second-order valence-electron chi connectivity index (χ2n) is 5.30. The maximum absolute atomic E-state index is 14.4. The number of anilines is 1. The van der Waals surface area contributed by atoms with Gasteiger partial charge >= 0.3 is 0 Å². The zero-order valence-corrected chi connectivity index (χ0v) is 14.2. The van der Waals surface area contributed by atoms with E-state index < -0.39 is 5.82 Å². The minimum absolute atomic E-state index is 0.112. The van der Waals surface area contributed by atoms with Crippen molar-refractivity contribution in [3.63, 3.8) is 0 Å². The molecule has 8 heteroatoms. The third-order valence-electron chi connectivity index (χ3n) is 3.66. The molecular weight excluding hydrogens is 341 g/mol. The summed E-state index contributed by atoms with van der Waals surface area (Å²) in [7, 11) is 0. The molecule has 0 saturated heterocycles. The van der Waals surface area contributed by atoms with Gasteiger partial charge in [-0.3, -0.25) is 4.79 Å². The molecule has 6 nitrogen and oxygen atoms in total. The maximum Gasteiger partial charge on any atom is 0.272 e. The zero-order valence-electron chi connectivity index (χ0n) is 13.3. The Bertz CT molecular complexity index is 1010. The summed E-state index contributed by atoms with van der Waals surface area (Å²) in [4.78, 5) is 20.7. The second kappa shape index (κ2) is 6.83. The van der Waals surface area contributed by atoms with Gasteiger partial charge in [-0.1, -0.05) is 6.92 Å². The number of carbonyl (C=O) groups excluding carboxylic acids is 1. The number of aromatic nitrogens is 2. The average molecular weight is 355 g/mol. The summed E-state index contributed by atoms with van der Waals surface area (Å²) in [5.41, 5.74) is 6.69. The fourth-order valence-corrected chi connectivity index (χ4v) is 3.26. The monoisotopic (exact) mass is 355 g/mol. The molecule has 2 aromatic heterocycles. The molecule has 0 atom stereocenters. The van der Waals surface area contributed by atoms with E-state index in [1.165, 1.54) is 24.5 Å². The molecule has 1 amide bonds. The van der Waals surface area contributed by atoms with E-state index in [4.69, 9.17) is 11.0 Å². The van der Waals surface area contributed by atoms with E-state index in [2.05, 4.69) is 15.3 Å². The van der Waals surface area contributed by atoms with Crippen LogP contribution in [-0.2, 0) is 0 Å². The third kappa shape index (κ3) is 3.02. The Morgan fingerprint density at radius 1 is 1.36 bits per heavy atom. The van der Waals surface area contributed by atoms with Crippen LogP contribution in [-0.4, -0.2) is 22.4 Å². The number of nitrogens with zero attached hydrogens (tertiary/aromatic N) is 3. The highest BCUT2D eigenvalue weighted by Crippen LogP contribution is 2.36. The molecule has 2 heterocycles. The summed E-state index contributed by atoms with van der Waals surface area (Å²) in [5, 5.41) is 12.9. The van der Waals surface area contributed by atoms with Gasteiger partial charge in [0.25, 0.3) is 5.91 Å². The number of nitrogens with two attached hydrogens (primary N) is 1. The van der Waals surface area contributed by atoms with Crippen molar-refractivity contribution in [2.45, 2.75) is 13.3 Å². The summed E-state index contributed by atoms with van der Waals surface area (Å²) >= 11 is 1.08. The first-order chi connectivity index (χ1) is 12.1. The topological polar surface area (TPSA) is 105 Å². The van der Waals surface area contributed by atoms with Crippen molar-refractivity contribution in [3.05, 3.63) is 41.0 Å². The Morgan fingerprint density at radius 3 is 2.84 bits per heavy atom. The summed E-state index contributed by atoms with van der Waals surface area (Å²) in [6.07, 6.45) is 3.66. The van der Waals surface area contributed by atoms with Crippen LogP contribution in [0, 0.1) is 17.1 Å². The van der Waals surface area contributed by atoms with E-state index in [-0.39, 0.29) is 27.9 Å². The van der Waals surface area contributed by atoms with Gasteiger partial charge in [0, 0.05) is 35.3 Å². The van der Waals surface area contributed by atoms with Gasteiger partial charge < -0.3 is 11.1 Å². The van der Waals surface area contributed by atoms with Gasteiger partial charge in [0.05, 0.1) is 10.6 Å². The number of nitrogens with one attached hydrogen (secondary N) is 1. The first-order valence-corrected chi connectivity index (χ1v) is 8.39. The van der Waals surface area contributed by atoms with Crippen LogP contribution >= 0.6 is 11.3 Å². The lowest BCUT2D eigenvalue weighted by molar-refractivity contribution is 0.0950. The SMILES string of the molecule is CCCNC(=O)c1ncc2c(-c3cnc(C#N)s3)c(F)ccc2c1N. The Balaban J connectivity index is 2.17. The van der Waals surface area contributed by atoms with E-state index in [0.717, 1.165) is 17.8 Å². The van der Waals surface area contributed by atoms with E-state index in [1.807, 2.05) is 13.0 Å². The number of pyridine rings is 1. The molecule has 0 unspecified atom stereocenters.